The van der Waals surface area contributed by atoms with Gasteiger partial charge in [-0.1, -0.05) is 52.8 Å². The van der Waals surface area contributed by atoms with Crippen LogP contribution >= 0.6 is 22.9 Å². The van der Waals surface area contributed by atoms with Crippen molar-refractivity contribution in [1.82, 2.24) is 4.57 Å². The second kappa shape index (κ2) is 6.79. The number of benzene rings is 2. The van der Waals surface area contributed by atoms with Crippen LogP contribution in [0.15, 0.2) is 41.2 Å². The lowest BCUT2D eigenvalue weighted by Gasteiger charge is -2.09. The zero-order chi connectivity index (χ0) is 17.3. The molecule has 1 aromatic heterocycles. The van der Waals surface area contributed by atoms with E-state index in [1.807, 2.05) is 38.1 Å². The van der Waals surface area contributed by atoms with Crippen LogP contribution in [0.4, 0.5) is 0 Å². The number of aryl methyl sites for hydroxylation is 2. The number of hydrogen-bond acceptors (Lipinski definition) is 4. The Morgan fingerprint density at radius 2 is 2.04 bits per heavy atom. The van der Waals surface area contributed by atoms with E-state index in [4.69, 9.17) is 16.3 Å². The highest BCUT2D eigenvalue weighted by Gasteiger charge is 2.14. The van der Waals surface area contributed by atoms with Crippen LogP contribution in [-0.4, -0.2) is 10.5 Å². The summed E-state index contributed by atoms with van der Waals surface area (Å²) in [4.78, 5) is 24.0. The first-order chi connectivity index (χ1) is 11.5. The summed E-state index contributed by atoms with van der Waals surface area (Å²) in [6.45, 7) is 4.04. The van der Waals surface area contributed by atoms with Crippen molar-refractivity contribution in [2.75, 3.05) is 0 Å². The zero-order valence-corrected chi connectivity index (χ0v) is 14.9. The predicted molar refractivity (Wildman–Crippen MR) is 96.8 cm³/mol. The number of aromatic nitrogens is 1. The highest BCUT2D eigenvalue weighted by molar-refractivity contribution is 7.16. The monoisotopic (exact) mass is 361 g/mol. The fraction of sp³-hybridized carbons (Fsp3) is 0.222. The molecular formula is C18H16ClNO3S. The van der Waals surface area contributed by atoms with E-state index >= 15 is 0 Å². The van der Waals surface area contributed by atoms with E-state index in [1.54, 1.807) is 12.1 Å². The van der Waals surface area contributed by atoms with E-state index in [0.717, 1.165) is 32.7 Å². The molecule has 0 saturated carbocycles. The number of para-hydroxylation sites is 1. The van der Waals surface area contributed by atoms with Crippen LogP contribution in [0.5, 0.6) is 0 Å². The van der Waals surface area contributed by atoms with Gasteiger partial charge in [-0.2, -0.15) is 0 Å². The van der Waals surface area contributed by atoms with Crippen LogP contribution in [-0.2, 0) is 22.7 Å². The quantitative estimate of drug-likeness (QED) is 0.658. The summed E-state index contributed by atoms with van der Waals surface area (Å²) in [6.07, 6.45) is 0. The van der Waals surface area contributed by atoms with Gasteiger partial charge >= 0.3 is 10.8 Å². The number of fused-ring (bicyclic) bond motifs is 1. The van der Waals surface area contributed by atoms with Gasteiger partial charge in [-0.15, -0.1) is 0 Å². The summed E-state index contributed by atoms with van der Waals surface area (Å²) in [6, 6.07) is 11.3. The Kier molecular flexibility index (Phi) is 4.73. The molecule has 4 nitrogen and oxygen atoms in total. The van der Waals surface area contributed by atoms with E-state index in [9.17, 15) is 9.59 Å². The van der Waals surface area contributed by atoms with Gasteiger partial charge in [0.1, 0.15) is 13.2 Å². The van der Waals surface area contributed by atoms with E-state index in [1.165, 1.54) is 4.57 Å². The minimum Gasteiger partial charge on any atom is -0.459 e. The van der Waals surface area contributed by atoms with Crippen molar-refractivity contribution < 1.29 is 9.53 Å². The second-order valence-corrected chi connectivity index (χ2v) is 7.03. The standard InChI is InChI=1S/C18H16ClNO3S/c1-11-6-7-13(12(2)8-11)10-23-16(21)9-20-17-14(19)4-3-5-15(17)24-18(20)22/h3-8H,9-10H2,1-2H3. The van der Waals surface area contributed by atoms with Crippen molar-refractivity contribution >= 4 is 39.1 Å². The van der Waals surface area contributed by atoms with Gasteiger partial charge in [-0.25, -0.2) is 0 Å². The molecule has 3 aromatic rings. The van der Waals surface area contributed by atoms with E-state index in [2.05, 4.69) is 0 Å². The highest BCUT2D eigenvalue weighted by atomic mass is 35.5. The van der Waals surface area contributed by atoms with Crippen LogP contribution in [0.3, 0.4) is 0 Å². The maximum Gasteiger partial charge on any atom is 0.326 e. The molecular weight excluding hydrogens is 346 g/mol. The normalized spacial score (nSPS) is 11.0. The zero-order valence-electron chi connectivity index (χ0n) is 13.3. The molecule has 0 fully saturated rings. The highest BCUT2D eigenvalue weighted by Crippen LogP contribution is 2.25. The summed E-state index contributed by atoms with van der Waals surface area (Å²) in [7, 11) is 0. The minimum atomic E-state index is -0.461. The van der Waals surface area contributed by atoms with E-state index in [0.29, 0.717) is 10.5 Å². The number of rotatable bonds is 4. The van der Waals surface area contributed by atoms with Gasteiger partial charge < -0.3 is 4.74 Å². The summed E-state index contributed by atoms with van der Waals surface area (Å²) >= 11 is 7.23. The average molecular weight is 362 g/mol. The van der Waals surface area contributed by atoms with E-state index in [-0.39, 0.29) is 18.0 Å². The van der Waals surface area contributed by atoms with Gasteiger partial charge in [0.25, 0.3) is 0 Å². The Bertz CT molecular complexity index is 974. The molecule has 3 rings (SSSR count). The van der Waals surface area contributed by atoms with Crippen molar-refractivity contribution in [3.05, 3.63) is 67.8 Å². The van der Waals surface area contributed by atoms with Crippen LogP contribution in [0.1, 0.15) is 16.7 Å². The number of carbonyl (C=O) groups excluding carboxylic acids is 1. The summed E-state index contributed by atoms with van der Waals surface area (Å²) in [5.74, 6) is -0.461. The Hall–Kier alpha value is -2.11. The van der Waals surface area contributed by atoms with Crippen molar-refractivity contribution in [1.29, 1.82) is 0 Å². The Morgan fingerprint density at radius 3 is 2.79 bits per heavy atom. The molecule has 0 radical (unpaired) electrons. The molecule has 0 N–H and O–H groups in total. The van der Waals surface area contributed by atoms with Gasteiger partial charge in [0.2, 0.25) is 0 Å². The predicted octanol–water partition coefficient (Wildman–Crippen LogP) is 4.08. The molecule has 0 bridgehead atoms. The smallest absolute Gasteiger partial charge is 0.326 e. The topological polar surface area (TPSA) is 48.3 Å². The third-order valence-corrected chi connectivity index (χ3v) is 5.06. The van der Waals surface area contributed by atoms with Crippen LogP contribution < -0.4 is 4.87 Å². The molecule has 24 heavy (non-hydrogen) atoms. The molecule has 1 heterocycles. The fourth-order valence-corrected chi connectivity index (χ4v) is 3.81. The summed E-state index contributed by atoms with van der Waals surface area (Å²) in [5.41, 5.74) is 3.77. The number of hydrogen-bond donors (Lipinski definition) is 0. The Morgan fingerprint density at radius 1 is 1.25 bits per heavy atom. The van der Waals surface area contributed by atoms with Gasteiger partial charge in [-0.3, -0.25) is 14.2 Å². The summed E-state index contributed by atoms with van der Waals surface area (Å²) in [5, 5.41) is 0.452. The first kappa shape index (κ1) is 16.7. The molecule has 2 aromatic carbocycles. The molecule has 0 spiro atoms. The SMILES string of the molecule is Cc1ccc(COC(=O)Cn2c(=O)sc3cccc(Cl)c32)c(C)c1. The maximum absolute atomic E-state index is 12.1. The average Bonchev–Trinajstić information content (AvgIpc) is 2.83. The van der Waals surface area contributed by atoms with Gasteiger partial charge in [0.15, 0.2) is 0 Å². The third-order valence-electron chi connectivity index (χ3n) is 3.81. The minimum absolute atomic E-state index is 0.145. The lowest BCUT2D eigenvalue weighted by atomic mass is 10.1. The number of carbonyl (C=O) groups is 1. The van der Waals surface area contributed by atoms with Crippen molar-refractivity contribution in [3.8, 4) is 0 Å². The largest absolute Gasteiger partial charge is 0.459 e. The first-order valence-corrected chi connectivity index (χ1v) is 8.65. The second-order valence-electron chi connectivity index (χ2n) is 5.63. The van der Waals surface area contributed by atoms with Crippen molar-refractivity contribution in [2.45, 2.75) is 27.0 Å². The lowest BCUT2D eigenvalue weighted by Crippen LogP contribution is -2.21. The lowest BCUT2D eigenvalue weighted by molar-refractivity contribution is -0.145. The molecule has 0 unspecified atom stereocenters. The first-order valence-electron chi connectivity index (χ1n) is 7.45. The molecule has 0 aliphatic carbocycles. The van der Waals surface area contributed by atoms with Gasteiger partial charge in [0.05, 0.1) is 15.2 Å². The van der Waals surface area contributed by atoms with Crippen LogP contribution in [0.2, 0.25) is 5.02 Å². The fourth-order valence-electron chi connectivity index (χ4n) is 2.56. The third kappa shape index (κ3) is 3.37. The molecule has 0 aliphatic heterocycles. The molecule has 6 heteroatoms. The Labute approximate surface area is 148 Å². The summed E-state index contributed by atoms with van der Waals surface area (Å²) < 4.78 is 7.46. The molecule has 0 aliphatic rings. The van der Waals surface area contributed by atoms with Crippen LogP contribution in [0, 0.1) is 13.8 Å². The van der Waals surface area contributed by atoms with Crippen molar-refractivity contribution in [3.63, 3.8) is 0 Å². The van der Waals surface area contributed by atoms with Gasteiger partial charge in [0, 0.05) is 0 Å². The van der Waals surface area contributed by atoms with E-state index < -0.39 is 5.97 Å². The molecule has 124 valence electrons. The number of esters is 1. The van der Waals surface area contributed by atoms with Crippen molar-refractivity contribution in [2.24, 2.45) is 0 Å². The Balaban J connectivity index is 1.76. The van der Waals surface area contributed by atoms with Crippen LogP contribution in [0.25, 0.3) is 10.2 Å². The molecule has 0 saturated heterocycles. The molecule has 0 amide bonds. The number of halogens is 1. The molecule has 0 atom stereocenters. The van der Waals surface area contributed by atoms with Gasteiger partial charge in [-0.05, 0) is 37.1 Å². The number of nitrogens with zero attached hydrogens (tertiary/aromatic N) is 1. The number of thiazole rings is 1. The number of ether oxygens (including phenoxy) is 1. The maximum atomic E-state index is 12.1.